The summed E-state index contributed by atoms with van der Waals surface area (Å²) in [6, 6.07) is 2.93. The number of hydrogen-bond acceptors (Lipinski definition) is 4. The van der Waals surface area contributed by atoms with Gasteiger partial charge in [-0.05, 0) is 30.7 Å². The summed E-state index contributed by atoms with van der Waals surface area (Å²) in [5.41, 5.74) is -1.57. The molecular weight excluding hydrogens is 393 g/mol. The fourth-order valence-electron chi connectivity index (χ4n) is 3.26. The van der Waals surface area contributed by atoms with E-state index in [1.54, 1.807) is 0 Å². The van der Waals surface area contributed by atoms with Gasteiger partial charge in [0.05, 0.1) is 17.7 Å². The molecule has 1 aliphatic heterocycles. The third kappa shape index (κ3) is 2.95. The van der Waals surface area contributed by atoms with Crippen LogP contribution in [-0.2, 0) is 20.8 Å². The number of hydrogen-bond donors (Lipinski definition) is 0. The highest BCUT2D eigenvalue weighted by atomic mass is 32.2. The van der Waals surface area contributed by atoms with Crippen LogP contribution in [0.15, 0.2) is 35.5 Å². The van der Waals surface area contributed by atoms with E-state index in [1.807, 2.05) is 0 Å². The summed E-state index contributed by atoms with van der Waals surface area (Å²) in [6.07, 6.45) is -4.62. The van der Waals surface area contributed by atoms with E-state index in [0.717, 1.165) is 18.2 Å². The molecule has 0 N–H and O–H groups in total. The normalized spacial score (nSPS) is 20.1. The van der Waals surface area contributed by atoms with Gasteiger partial charge in [0.1, 0.15) is 10.6 Å². The summed E-state index contributed by atoms with van der Waals surface area (Å²) in [7, 11) is -4.45. The minimum atomic E-state index is -4.68. The lowest BCUT2D eigenvalue weighted by Crippen LogP contribution is -2.41. The molecule has 1 aromatic heterocycles. The number of ether oxygens (including phenoxy) is 1. The van der Waals surface area contributed by atoms with E-state index in [-0.39, 0.29) is 19.4 Å². The van der Waals surface area contributed by atoms with Crippen molar-refractivity contribution in [2.45, 2.75) is 35.7 Å². The van der Waals surface area contributed by atoms with Crippen molar-refractivity contribution in [1.29, 1.82) is 0 Å². The lowest BCUT2D eigenvalue weighted by Gasteiger charge is -2.37. The van der Waals surface area contributed by atoms with Crippen molar-refractivity contribution in [3.63, 3.8) is 0 Å². The molecule has 1 aromatic carbocycles. The summed E-state index contributed by atoms with van der Waals surface area (Å²) < 4.78 is 96.4. The summed E-state index contributed by atoms with van der Waals surface area (Å²) in [4.78, 5) is 3.45. The van der Waals surface area contributed by atoms with Crippen LogP contribution in [0.3, 0.4) is 0 Å². The van der Waals surface area contributed by atoms with E-state index in [2.05, 4.69) is 4.98 Å². The Kier molecular flexibility index (Phi) is 4.65. The number of benzene rings is 1. The summed E-state index contributed by atoms with van der Waals surface area (Å²) >= 11 is 0. The van der Waals surface area contributed by atoms with Gasteiger partial charge in [-0.3, -0.25) is 0 Å². The first-order valence-electron chi connectivity index (χ1n) is 7.94. The Bertz CT molecular complexity index is 973. The first kappa shape index (κ1) is 19.5. The maximum atomic E-state index is 14.5. The van der Waals surface area contributed by atoms with Gasteiger partial charge in [0, 0.05) is 12.6 Å². The van der Waals surface area contributed by atoms with Crippen molar-refractivity contribution in [3.05, 3.63) is 53.2 Å². The molecule has 10 heteroatoms. The van der Waals surface area contributed by atoms with Gasteiger partial charge in [-0.25, -0.2) is 22.2 Å². The van der Waals surface area contributed by atoms with Crippen LogP contribution in [0.25, 0.3) is 0 Å². The summed E-state index contributed by atoms with van der Waals surface area (Å²) in [5.74, 6) is -2.39. The maximum Gasteiger partial charge on any atom is 0.417 e. The lowest BCUT2D eigenvalue weighted by molar-refractivity contribution is -0.137. The van der Waals surface area contributed by atoms with Crippen LogP contribution in [0.1, 0.15) is 30.9 Å². The molecule has 0 fully saturated rings. The van der Waals surface area contributed by atoms with Crippen molar-refractivity contribution < 1.29 is 35.1 Å². The van der Waals surface area contributed by atoms with Crippen molar-refractivity contribution >= 4 is 9.84 Å². The quantitative estimate of drug-likeness (QED) is 0.715. The van der Waals surface area contributed by atoms with Gasteiger partial charge in [-0.2, -0.15) is 13.2 Å². The molecule has 0 spiro atoms. The fraction of sp³-hybridized carbons (Fsp3) is 0.353. The monoisotopic (exact) mass is 407 g/mol. The number of halogens is 5. The molecule has 0 amide bonds. The predicted octanol–water partition coefficient (Wildman–Crippen LogP) is 4.24. The molecule has 3 rings (SSSR count). The van der Waals surface area contributed by atoms with E-state index in [0.29, 0.717) is 12.3 Å². The van der Waals surface area contributed by atoms with Gasteiger partial charge in [-0.15, -0.1) is 0 Å². The van der Waals surface area contributed by atoms with Gasteiger partial charge in [0.2, 0.25) is 9.84 Å². The summed E-state index contributed by atoms with van der Waals surface area (Å²) in [5, 5.41) is -0.645. The number of pyridine rings is 1. The van der Waals surface area contributed by atoms with Crippen LogP contribution in [-0.4, -0.2) is 20.0 Å². The average Bonchev–Trinajstić information content (AvgIpc) is 2.63. The van der Waals surface area contributed by atoms with Crippen molar-refractivity contribution in [2.75, 3.05) is 6.61 Å². The topological polar surface area (TPSA) is 56.3 Å². The first-order valence-corrected chi connectivity index (χ1v) is 9.42. The Morgan fingerprint density at radius 2 is 1.81 bits per heavy atom. The van der Waals surface area contributed by atoms with Gasteiger partial charge < -0.3 is 4.74 Å². The van der Waals surface area contributed by atoms with Crippen LogP contribution in [0.5, 0.6) is 5.75 Å². The zero-order valence-corrected chi connectivity index (χ0v) is 14.8. The highest BCUT2D eigenvalue weighted by Crippen LogP contribution is 2.49. The predicted molar refractivity (Wildman–Crippen MR) is 84.9 cm³/mol. The third-order valence-corrected chi connectivity index (χ3v) is 7.21. The molecule has 2 aromatic rings. The largest absolute Gasteiger partial charge is 0.490 e. The Morgan fingerprint density at radius 3 is 2.37 bits per heavy atom. The zero-order chi connectivity index (χ0) is 20.0. The summed E-state index contributed by atoms with van der Waals surface area (Å²) in [6.45, 7) is 1.28. The second kappa shape index (κ2) is 6.43. The van der Waals surface area contributed by atoms with E-state index in [9.17, 15) is 30.4 Å². The molecule has 146 valence electrons. The van der Waals surface area contributed by atoms with Crippen LogP contribution < -0.4 is 4.74 Å². The Labute approximate surface area is 151 Å². The van der Waals surface area contributed by atoms with Gasteiger partial charge >= 0.3 is 6.18 Å². The smallest absolute Gasteiger partial charge is 0.417 e. The van der Waals surface area contributed by atoms with Crippen LogP contribution in [0.2, 0.25) is 0 Å². The standard InChI is InChI=1S/C17H14F5NO3S/c1-2-16(7-8-26-15-12(19)5-4-11(18)14(15)16)27(24,25)13-6-3-10(9-23-13)17(20,21)22/h3-6,9H,2,7-8H2,1H3. The van der Waals surface area contributed by atoms with E-state index < -0.39 is 54.3 Å². The number of sulfone groups is 1. The number of aromatic nitrogens is 1. The second-order valence-corrected chi connectivity index (χ2v) is 8.27. The van der Waals surface area contributed by atoms with Crippen LogP contribution in [0, 0.1) is 11.6 Å². The molecule has 27 heavy (non-hydrogen) atoms. The van der Waals surface area contributed by atoms with E-state index in [1.165, 1.54) is 6.92 Å². The third-order valence-electron chi connectivity index (χ3n) is 4.69. The lowest BCUT2D eigenvalue weighted by atomic mass is 9.89. The highest BCUT2D eigenvalue weighted by molar-refractivity contribution is 7.92. The minimum Gasteiger partial charge on any atom is -0.490 e. The molecular formula is C17H14F5NO3S. The molecule has 2 heterocycles. The van der Waals surface area contributed by atoms with Crippen molar-refractivity contribution in [2.24, 2.45) is 0 Å². The SMILES string of the molecule is CCC1(S(=O)(=O)c2ccc(C(F)(F)F)cn2)CCOc2c(F)ccc(F)c21. The van der Waals surface area contributed by atoms with E-state index >= 15 is 0 Å². The molecule has 0 saturated carbocycles. The number of rotatable bonds is 3. The van der Waals surface area contributed by atoms with Gasteiger partial charge in [0.25, 0.3) is 0 Å². The second-order valence-electron chi connectivity index (χ2n) is 6.07. The molecule has 1 unspecified atom stereocenters. The van der Waals surface area contributed by atoms with Crippen LogP contribution in [0.4, 0.5) is 22.0 Å². The molecule has 1 atom stereocenters. The Morgan fingerprint density at radius 1 is 1.15 bits per heavy atom. The number of alkyl halides is 3. The number of nitrogens with zero attached hydrogens (tertiary/aromatic N) is 1. The zero-order valence-electron chi connectivity index (χ0n) is 14.0. The van der Waals surface area contributed by atoms with Gasteiger partial charge in [-0.1, -0.05) is 6.92 Å². The molecule has 0 radical (unpaired) electrons. The van der Waals surface area contributed by atoms with Crippen molar-refractivity contribution in [3.8, 4) is 5.75 Å². The minimum absolute atomic E-state index is 0.144. The molecule has 4 nitrogen and oxygen atoms in total. The highest BCUT2D eigenvalue weighted by Gasteiger charge is 2.51. The average molecular weight is 407 g/mol. The number of fused-ring (bicyclic) bond motifs is 1. The molecule has 1 aliphatic rings. The van der Waals surface area contributed by atoms with Gasteiger partial charge in [0.15, 0.2) is 16.6 Å². The first-order chi connectivity index (χ1) is 12.5. The maximum absolute atomic E-state index is 14.5. The van der Waals surface area contributed by atoms with Crippen LogP contribution >= 0.6 is 0 Å². The Balaban J connectivity index is 2.21. The molecule has 0 aliphatic carbocycles. The molecule has 0 saturated heterocycles. The molecule has 0 bridgehead atoms. The fourth-order valence-corrected chi connectivity index (χ4v) is 5.29. The Hall–Kier alpha value is -2.23. The van der Waals surface area contributed by atoms with E-state index in [4.69, 9.17) is 4.74 Å². The van der Waals surface area contributed by atoms with Crippen molar-refractivity contribution in [1.82, 2.24) is 4.98 Å².